The minimum absolute atomic E-state index is 0.0373. The molecular weight excluding hydrogens is 285 g/mol. The lowest BCUT2D eigenvalue weighted by Gasteiger charge is -2.21. The van der Waals surface area contributed by atoms with Gasteiger partial charge in [-0.05, 0) is 39.8 Å². The van der Waals surface area contributed by atoms with E-state index in [1.165, 1.54) is 6.92 Å². The quantitative estimate of drug-likeness (QED) is 0.721. The molecule has 1 rings (SSSR count). The molecule has 0 aromatic heterocycles. The lowest BCUT2D eigenvalue weighted by molar-refractivity contribution is 0.237. The van der Waals surface area contributed by atoms with E-state index < -0.39 is 27.4 Å². The summed E-state index contributed by atoms with van der Waals surface area (Å²) < 4.78 is 39.4. The molecule has 20 heavy (non-hydrogen) atoms. The van der Waals surface area contributed by atoms with Crippen LogP contribution in [-0.2, 0) is 10.0 Å². The van der Waals surface area contributed by atoms with Crippen LogP contribution in [0.2, 0.25) is 0 Å². The summed E-state index contributed by atoms with van der Waals surface area (Å²) in [5.41, 5.74) is 4.68. The summed E-state index contributed by atoms with van der Waals surface area (Å²) in [6, 6.07) is 1.23. The number of amides is 2. The van der Waals surface area contributed by atoms with Crippen LogP contribution >= 0.6 is 0 Å². The molecule has 2 amide bonds. The van der Waals surface area contributed by atoms with Crippen molar-refractivity contribution >= 4 is 21.7 Å². The number of urea groups is 1. The van der Waals surface area contributed by atoms with Gasteiger partial charge in [-0.15, -0.1) is 0 Å². The fraction of sp³-hybridized carbons (Fsp3) is 0.417. The van der Waals surface area contributed by atoms with Crippen LogP contribution in [0.3, 0.4) is 0 Å². The highest BCUT2D eigenvalue weighted by Crippen LogP contribution is 2.21. The topological polar surface area (TPSA) is 101 Å². The SMILES string of the molecule is Cc1c(F)cc(N)cc1S(=O)(=O)NC(=O)NC(C)(C)C. The number of halogens is 1. The van der Waals surface area contributed by atoms with Crippen molar-refractivity contribution in [3.8, 4) is 0 Å². The van der Waals surface area contributed by atoms with Gasteiger partial charge in [-0.3, -0.25) is 0 Å². The first-order valence-electron chi connectivity index (χ1n) is 5.83. The smallest absolute Gasteiger partial charge is 0.329 e. The predicted molar refractivity (Wildman–Crippen MR) is 74.2 cm³/mol. The Kier molecular flexibility index (Phi) is 4.28. The van der Waals surface area contributed by atoms with Gasteiger partial charge >= 0.3 is 6.03 Å². The Hall–Kier alpha value is -1.83. The van der Waals surface area contributed by atoms with Crippen LogP contribution in [-0.4, -0.2) is 20.0 Å². The maximum absolute atomic E-state index is 13.5. The van der Waals surface area contributed by atoms with E-state index in [1.807, 2.05) is 4.72 Å². The van der Waals surface area contributed by atoms with Crippen LogP contribution in [0.25, 0.3) is 0 Å². The number of nitrogens with two attached hydrogens (primary N) is 1. The molecule has 0 unspecified atom stereocenters. The van der Waals surface area contributed by atoms with E-state index in [-0.39, 0.29) is 16.1 Å². The molecule has 1 aromatic rings. The average Bonchev–Trinajstić information content (AvgIpc) is 2.19. The first kappa shape index (κ1) is 16.2. The molecule has 6 nitrogen and oxygen atoms in total. The van der Waals surface area contributed by atoms with Crippen molar-refractivity contribution in [1.82, 2.24) is 10.0 Å². The minimum atomic E-state index is -4.19. The Morgan fingerprint density at radius 2 is 1.85 bits per heavy atom. The Bertz CT molecular complexity index is 636. The molecule has 0 atom stereocenters. The monoisotopic (exact) mass is 303 g/mol. The van der Waals surface area contributed by atoms with Crippen LogP contribution in [0.15, 0.2) is 17.0 Å². The molecule has 0 fully saturated rings. The van der Waals surface area contributed by atoms with E-state index in [4.69, 9.17) is 5.73 Å². The highest BCUT2D eigenvalue weighted by Gasteiger charge is 2.24. The van der Waals surface area contributed by atoms with Gasteiger partial charge in [0.2, 0.25) is 0 Å². The van der Waals surface area contributed by atoms with Gasteiger partial charge in [-0.25, -0.2) is 22.3 Å². The molecular formula is C12H18FN3O3S. The van der Waals surface area contributed by atoms with Crippen LogP contribution < -0.4 is 15.8 Å². The second-order valence-corrected chi connectivity index (χ2v) is 7.09. The first-order chi connectivity index (χ1) is 8.92. The van der Waals surface area contributed by atoms with Gasteiger partial charge in [0.15, 0.2) is 0 Å². The lowest BCUT2D eigenvalue weighted by Crippen LogP contribution is -2.48. The largest absolute Gasteiger partial charge is 0.399 e. The Balaban J connectivity index is 3.10. The third-order valence-electron chi connectivity index (χ3n) is 2.32. The lowest BCUT2D eigenvalue weighted by atomic mass is 10.1. The van der Waals surface area contributed by atoms with E-state index >= 15 is 0 Å². The summed E-state index contributed by atoms with van der Waals surface area (Å²) in [7, 11) is -4.19. The molecule has 8 heteroatoms. The van der Waals surface area contributed by atoms with Crippen molar-refractivity contribution in [2.24, 2.45) is 0 Å². The van der Waals surface area contributed by atoms with Crippen LogP contribution in [0.1, 0.15) is 26.3 Å². The highest BCUT2D eigenvalue weighted by atomic mass is 32.2. The Labute approximate surface area is 117 Å². The molecule has 0 heterocycles. The van der Waals surface area contributed by atoms with Gasteiger partial charge in [-0.1, -0.05) is 0 Å². The van der Waals surface area contributed by atoms with Gasteiger partial charge in [0.05, 0.1) is 4.90 Å². The normalized spacial score (nSPS) is 12.1. The summed E-state index contributed by atoms with van der Waals surface area (Å²) in [4.78, 5) is 11.2. The van der Waals surface area contributed by atoms with Crippen LogP contribution in [0.4, 0.5) is 14.9 Å². The number of carbonyl (C=O) groups is 1. The summed E-state index contributed by atoms with van der Waals surface area (Å²) in [6.45, 7) is 6.39. The molecule has 112 valence electrons. The standard InChI is InChI=1S/C12H18FN3O3S/c1-7-9(13)5-8(14)6-10(7)20(18,19)16-11(17)15-12(2,3)4/h5-6H,14H2,1-4H3,(H2,15,16,17). The fourth-order valence-electron chi connectivity index (χ4n) is 1.50. The van der Waals surface area contributed by atoms with E-state index in [1.54, 1.807) is 20.8 Å². The number of rotatable bonds is 2. The fourth-order valence-corrected chi connectivity index (χ4v) is 2.69. The minimum Gasteiger partial charge on any atom is -0.399 e. The maximum Gasteiger partial charge on any atom is 0.329 e. The summed E-state index contributed by atoms with van der Waals surface area (Å²) >= 11 is 0. The molecule has 4 N–H and O–H groups in total. The van der Waals surface area contributed by atoms with E-state index in [0.29, 0.717) is 0 Å². The third-order valence-corrected chi connectivity index (χ3v) is 3.78. The number of sulfonamides is 1. The summed E-state index contributed by atoms with van der Waals surface area (Å²) in [5.74, 6) is -0.749. The van der Waals surface area contributed by atoms with Gasteiger partial charge in [-0.2, -0.15) is 0 Å². The molecule has 0 aliphatic heterocycles. The highest BCUT2D eigenvalue weighted by molar-refractivity contribution is 7.90. The Morgan fingerprint density at radius 1 is 1.30 bits per heavy atom. The number of nitrogen functional groups attached to an aromatic ring is 1. The van der Waals surface area contributed by atoms with Crippen molar-refractivity contribution in [2.75, 3.05) is 5.73 Å². The molecule has 0 aliphatic carbocycles. The molecule has 0 saturated heterocycles. The number of nitrogens with one attached hydrogen (secondary N) is 2. The number of anilines is 1. The van der Waals surface area contributed by atoms with Crippen LogP contribution in [0.5, 0.6) is 0 Å². The molecule has 1 aromatic carbocycles. The average molecular weight is 303 g/mol. The zero-order valence-corrected chi connectivity index (χ0v) is 12.6. The van der Waals surface area contributed by atoms with Gasteiger partial charge < -0.3 is 11.1 Å². The molecule has 0 saturated carbocycles. The maximum atomic E-state index is 13.5. The van der Waals surface area contributed by atoms with Crippen molar-refractivity contribution in [3.05, 3.63) is 23.5 Å². The number of carbonyl (C=O) groups excluding carboxylic acids is 1. The summed E-state index contributed by atoms with van der Waals surface area (Å²) in [5, 5.41) is 2.44. The van der Waals surface area contributed by atoms with Crippen LogP contribution in [0, 0.1) is 12.7 Å². The van der Waals surface area contributed by atoms with Gasteiger partial charge in [0.1, 0.15) is 5.82 Å². The van der Waals surface area contributed by atoms with E-state index in [0.717, 1.165) is 12.1 Å². The van der Waals surface area contributed by atoms with E-state index in [2.05, 4.69) is 5.32 Å². The van der Waals surface area contributed by atoms with Crippen molar-refractivity contribution in [3.63, 3.8) is 0 Å². The molecule has 0 spiro atoms. The second-order valence-electron chi connectivity index (χ2n) is 5.44. The number of hydrogen-bond donors (Lipinski definition) is 3. The van der Waals surface area contributed by atoms with E-state index in [9.17, 15) is 17.6 Å². The Morgan fingerprint density at radius 3 is 2.35 bits per heavy atom. The van der Waals surface area contributed by atoms with Gasteiger partial charge in [0.25, 0.3) is 10.0 Å². The molecule has 0 radical (unpaired) electrons. The third kappa shape index (κ3) is 4.09. The number of hydrogen-bond acceptors (Lipinski definition) is 4. The number of benzene rings is 1. The first-order valence-corrected chi connectivity index (χ1v) is 7.31. The molecule has 0 aliphatic rings. The van der Waals surface area contributed by atoms with Crippen molar-refractivity contribution in [2.45, 2.75) is 38.1 Å². The van der Waals surface area contributed by atoms with Crippen molar-refractivity contribution in [1.29, 1.82) is 0 Å². The second kappa shape index (κ2) is 5.28. The van der Waals surface area contributed by atoms with Gasteiger partial charge in [0, 0.05) is 16.8 Å². The predicted octanol–water partition coefficient (Wildman–Crippen LogP) is 1.50. The zero-order valence-electron chi connectivity index (χ0n) is 11.7. The van der Waals surface area contributed by atoms with Crippen molar-refractivity contribution < 1.29 is 17.6 Å². The molecule has 0 bridgehead atoms. The summed E-state index contributed by atoms with van der Waals surface area (Å²) in [6.07, 6.45) is 0. The zero-order chi connectivity index (χ0) is 15.7.